The van der Waals surface area contributed by atoms with Crippen LogP contribution in [0.15, 0.2) is 9.95 Å². The molecule has 1 rings (SSSR count). The molecule has 0 aliphatic rings. The van der Waals surface area contributed by atoms with Crippen LogP contribution in [0.4, 0.5) is 0 Å². The van der Waals surface area contributed by atoms with Crippen LogP contribution in [-0.4, -0.2) is 32.2 Å². The van der Waals surface area contributed by atoms with Crippen molar-refractivity contribution in [1.82, 2.24) is 14.8 Å². The van der Waals surface area contributed by atoms with Gasteiger partial charge in [0.1, 0.15) is 0 Å². The van der Waals surface area contributed by atoms with Gasteiger partial charge in [-0.15, -0.1) is 5.10 Å². The van der Waals surface area contributed by atoms with Crippen molar-refractivity contribution in [2.75, 3.05) is 12.4 Å². The third-order valence-electron chi connectivity index (χ3n) is 1.72. The van der Waals surface area contributed by atoms with Gasteiger partial charge in [0.05, 0.1) is 0 Å². The first kappa shape index (κ1) is 11.3. The van der Waals surface area contributed by atoms with Crippen molar-refractivity contribution in [2.45, 2.75) is 31.5 Å². The Hall–Kier alpha value is -0.750. The first-order valence-electron chi connectivity index (χ1n) is 4.57. The molecule has 1 aromatic heterocycles. The zero-order valence-electron chi connectivity index (χ0n) is 8.36. The molecule has 1 aromatic rings. The predicted molar refractivity (Wildman–Crippen MR) is 55.7 cm³/mol. The molecular weight excluding hydrogens is 202 g/mol. The third-order valence-corrected chi connectivity index (χ3v) is 2.76. The molecule has 0 aliphatic carbocycles. The first-order valence-corrected chi connectivity index (χ1v) is 5.56. The molecule has 6 heteroatoms. The number of aromatic amines is 1. The minimum absolute atomic E-state index is 0.109. The number of aromatic nitrogens is 3. The van der Waals surface area contributed by atoms with E-state index >= 15 is 0 Å². The summed E-state index contributed by atoms with van der Waals surface area (Å²) in [6.45, 7) is 4.05. The van der Waals surface area contributed by atoms with Crippen LogP contribution in [-0.2, 0) is 0 Å². The number of nitrogens with one attached hydrogen (secondary N) is 1. The Balaban J connectivity index is 2.71. The predicted octanol–water partition coefficient (Wildman–Crippen LogP) is 0.627. The third kappa shape index (κ3) is 2.62. The summed E-state index contributed by atoms with van der Waals surface area (Å²) < 4.78 is 1.61. The van der Waals surface area contributed by atoms with Crippen molar-refractivity contribution in [2.24, 2.45) is 0 Å². The van der Waals surface area contributed by atoms with Crippen LogP contribution in [0.2, 0.25) is 0 Å². The average Bonchev–Trinajstić information content (AvgIpc) is 2.47. The highest BCUT2D eigenvalue weighted by atomic mass is 32.2. The van der Waals surface area contributed by atoms with Crippen LogP contribution < -0.4 is 5.69 Å². The second kappa shape index (κ2) is 5.21. The second-order valence-corrected chi connectivity index (χ2v) is 4.26. The molecule has 0 fully saturated rings. The van der Waals surface area contributed by atoms with E-state index in [1.54, 1.807) is 4.57 Å². The maximum absolute atomic E-state index is 11.3. The van der Waals surface area contributed by atoms with Crippen LogP contribution in [0.25, 0.3) is 0 Å². The molecule has 0 saturated carbocycles. The minimum atomic E-state index is -0.175. The molecule has 0 aromatic carbocycles. The molecule has 0 saturated heterocycles. The summed E-state index contributed by atoms with van der Waals surface area (Å²) in [7, 11) is 0. The molecule has 5 nitrogen and oxygen atoms in total. The average molecular weight is 217 g/mol. The van der Waals surface area contributed by atoms with Gasteiger partial charge in [-0.3, -0.25) is 4.57 Å². The normalized spacial score (nSPS) is 11.1. The number of H-pyrrole nitrogens is 1. The fourth-order valence-corrected chi connectivity index (χ4v) is 2.07. The first-order chi connectivity index (χ1) is 6.66. The summed E-state index contributed by atoms with van der Waals surface area (Å²) in [6.07, 6.45) is 0.712. The lowest BCUT2D eigenvalue weighted by Crippen LogP contribution is -2.19. The number of rotatable bonds is 5. The van der Waals surface area contributed by atoms with E-state index in [9.17, 15) is 4.79 Å². The summed E-state index contributed by atoms with van der Waals surface area (Å²) in [4.78, 5) is 11.3. The van der Waals surface area contributed by atoms with Crippen molar-refractivity contribution in [3.8, 4) is 0 Å². The van der Waals surface area contributed by atoms with E-state index < -0.39 is 0 Å². The molecule has 14 heavy (non-hydrogen) atoms. The Morgan fingerprint density at radius 2 is 2.36 bits per heavy atom. The number of aliphatic hydroxyl groups is 1. The van der Waals surface area contributed by atoms with Crippen molar-refractivity contribution >= 4 is 11.8 Å². The lowest BCUT2D eigenvalue weighted by molar-refractivity contribution is 0.296. The van der Waals surface area contributed by atoms with E-state index in [0.29, 0.717) is 11.6 Å². The Kier molecular flexibility index (Phi) is 4.21. The lowest BCUT2D eigenvalue weighted by Gasteiger charge is -2.07. The number of nitrogens with zero attached hydrogens (tertiary/aromatic N) is 2. The molecule has 1 heterocycles. The molecule has 0 unspecified atom stereocenters. The maximum atomic E-state index is 11.3. The van der Waals surface area contributed by atoms with E-state index in [2.05, 4.69) is 10.2 Å². The Morgan fingerprint density at radius 1 is 1.64 bits per heavy atom. The summed E-state index contributed by atoms with van der Waals surface area (Å²) >= 11 is 1.48. The maximum Gasteiger partial charge on any atom is 0.344 e. The van der Waals surface area contributed by atoms with E-state index in [1.165, 1.54) is 11.8 Å². The van der Waals surface area contributed by atoms with Crippen LogP contribution >= 0.6 is 11.8 Å². The zero-order chi connectivity index (χ0) is 10.6. The fourth-order valence-electron chi connectivity index (χ4n) is 1.08. The molecule has 80 valence electrons. The number of thioether (sulfide) groups is 1. The highest BCUT2D eigenvalue weighted by Crippen LogP contribution is 2.16. The SMILES string of the molecule is CC(C)n1c(SCCCO)n[nH]c1=O. The molecule has 2 N–H and O–H groups in total. The van der Waals surface area contributed by atoms with Gasteiger partial charge in [0.15, 0.2) is 5.16 Å². The van der Waals surface area contributed by atoms with Gasteiger partial charge in [-0.2, -0.15) is 0 Å². The monoisotopic (exact) mass is 217 g/mol. The topological polar surface area (TPSA) is 70.9 Å². The lowest BCUT2D eigenvalue weighted by atomic mass is 10.4. The Labute approximate surface area is 86.5 Å². The van der Waals surface area contributed by atoms with Crippen LogP contribution in [0.3, 0.4) is 0 Å². The number of aliphatic hydroxyl groups excluding tert-OH is 1. The van der Waals surface area contributed by atoms with Crippen molar-refractivity contribution in [1.29, 1.82) is 0 Å². The van der Waals surface area contributed by atoms with E-state index in [1.807, 2.05) is 13.8 Å². The largest absolute Gasteiger partial charge is 0.396 e. The van der Waals surface area contributed by atoms with Gasteiger partial charge >= 0.3 is 5.69 Å². The molecule has 0 atom stereocenters. The second-order valence-electron chi connectivity index (χ2n) is 3.20. The minimum Gasteiger partial charge on any atom is -0.396 e. The summed E-state index contributed by atoms with van der Waals surface area (Å²) in [5, 5.41) is 15.6. The van der Waals surface area contributed by atoms with Crippen molar-refractivity contribution < 1.29 is 5.11 Å². The standard InChI is InChI=1S/C8H15N3O2S/c1-6(2)11-7(13)9-10-8(11)14-5-3-4-12/h6,12H,3-5H2,1-2H3,(H,9,13). The molecule has 0 aliphatic heterocycles. The molecule has 0 amide bonds. The molecular formula is C8H15N3O2S. The summed E-state index contributed by atoms with van der Waals surface area (Å²) in [5.74, 6) is 0.771. The van der Waals surface area contributed by atoms with Gasteiger partial charge < -0.3 is 5.11 Å². The van der Waals surface area contributed by atoms with Crippen LogP contribution in [0.1, 0.15) is 26.3 Å². The summed E-state index contributed by atoms with van der Waals surface area (Å²) in [5.41, 5.74) is -0.175. The van der Waals surface area contributed by atoms with E-state index in [0.717, 1.165) is 5.75 Å². The number of hydrogen-bond donors (Lipinski definition) is 2. The molecule has 0 bridgehead atoms. The smallest absolute Gasteiger partial charge is 0.344 e. The summed E-state index contributed by atoms with van der Waals surface area (Å²) in [6, 6.07) is 0.109. The highest BCUT2D eigenvalue weighted by molar-refractivity contribution is 7.99. The van der Waals surface area contributed by atoms with Gasteiger partial charge in [0.25, 0.3) is 0 Å². The zero-order valence-corrected chi connectivity index (χ0v) is 9.17. The van der Waals surface area contributed by atoms with E-state index in [4.69, 9.17) is 5.11 Å². The van der Waals surface area contributed by atoms with Gasteiger partial charge in [-0.05, 0) is 20.3 Å². The Bertz CT molecular complexity index is 332. The quantitative estimate of drug-likeness (QED) is 0.560. The van der Waals surface area contributed by atoms with E-state index in [-0.39, 0.29) is 18.3 Å². The number of hydrogen-bond acceptors (Lipinski definition) is 4. The highest BCUT2D eigenvalue weighted by Gasteiger charge is 2.10. The van der Waals surface area contributed by atoms with Gasteiger partial charge in [0.2, 0.25) is 0 Å². The Morgan fingerprint density at radius 3 is 2.93 bits per heavy atom. The van der Waals surface area contributed by atoms with Crippen molar-refractivity contribution in [3.63, 3.8) is 0 Å². The van der Waals surface area contributed by atoms with Crippen LogP contribution in [0, 0.1) is 0 Å². The molecule has 0 spiro atoms. The molecule has 0 radical (unpaired) electrons. The van der Waals surface area contributed by atoms with Gasteiger partial charge in [-0.25, -0.2) is 9.89 Å². The van der Waals surface area contributed by atoms with Crippen LogP contribution in [0.5, 0.6) is 0 Å². The fraction of sp³-hybridized carbons (Fsp3) is 0.750. The van der Waals surface area contributed by atoms with Gasteiger partial charge in [0, 0.05) is 18.4 Å². The van der Waals surface area contributed by atoms with Gasteiger partial charge in [-0.1, -0.05) is 11.8 Å². The van der Waals surface area contributed by atoms with Crippen molar-refractivity contribution in [3.05, 3.63) is 10.5 Å².